The van der Waals surface area contributed by atoms with Crippen LogP contribution < -0.4 is 0 Å². The molecular formula is C25H15BrCl2N2O4. The average Bonchev–Trinajstić information content (AvgIpc) is 3.35. The van der Waals surface area contributed by atoms with Gasteiger partial charge in [-0.05, 0) is 59.7 Å². The highest BCUT2D eigenvalue weighted by molar-refractivity contribution is 9.10. The molecule has 5 rings (SSSR count). The predicted octanol–water partition coefficient (Wildman–Crippen LogP) is 6.68. The summed E-state index contributed by atoms with van der Waals surface area (Å²) < 4.78 is 6.59. The first kappa shape index (κ1) is 22.7. The number of carbonyl (C=O) groups excluding carboxylic acids is 2. The van der Waals surface area contributed by atoms with Gasteiger partial charge in [0.1, 0.15) is 5.58 Å². The van der Waals surface area contributed by atoms with E-state index in [0.717, 1.165) is 10.0 Å². The summed E-state index contributed by atoms with van der Waals surface area (Å²) in [4.78, 5) is 32.2. The van der Waals surface area contributed by atoms with E-state index in [9.17, 15) is 14.7 Å². The fourth-order valence-corrected chi connectivity index (χ4v) is 4.71. The van der Waals surface area contributed by atoms with E-state index in [-0.39, 0.29) is 22.9 Å². The molecule has 1 unspecified atom stereocenters. The largest absolute Gasteiger partial charge is 0.503 e. The zero-order valence-electron chi connectivity index (χ0n) is 17.3. The second-order valence-corrected chi connectivity index (χ2v) is 9.48. The third kappa shape index (κ3) is 4.00. The van der Waals surface area contributed by atoms with Crippen LogP contribution in [0.5, 0.6) is 0 Å². The number of furan rings is 1. The molecule has 170 valence electrons. The van der Waals surface area contributed by atoms with Crippen LogP contribution in [0.15, 0.2) is 87.2 Å². The number of aliphatic hydroxyl groups is 1. The van der Waals surface area contributed by atoms with Gasteiger partial charge < -0.3 is 14.4 Å². The molecule has 0 bridgehead atoms. The third-order valence-electron chi connectivity index (χ3n) is 5.61. The van der Waals surface area contributed by atoms with Gasteiger partial charge in [0, 0.05) is 28.8 Å². The van der Waals surface area contributed by atoms with Crippen LogP contribution in [0.2, 0.25) is 10.0 Å². The molecule has 1 atom stereocenters. The molecule has 0 spiro atoms. The molecule has 0 aliphatic carbocycles. The van der Waals surface area contributed by atoms with E-state index in [1.165, 1.54) is 4.90 Å². The summed E-state index contributed by atoms with van der Waals surface area (Å²) in [7, 11) is 0. The molecule has 34 heavy (non-hydrogen) atoms. The number of Topliss-reactive ketones (excluding diaryl/α,β-unsaturated/α-hetero) is 1. The number of aliphatic hydroxyl groups excluding tert-OH is 1. The summed E-state index contributed by atoms with van der Waals surface area (Å²) in [5, 5.41) is 12.2. The Balaban J connectivity index is 1.62. The van der Waals surface area contributed by atoms with E-state index in [2.05, 4.69) is 20.9 Å². The van der Waals surface area contributed by atoms with E-state index in [1.807, 2.05) is 6.07 Å². The first-order chi connectivity index (χ1) is 16.3. The van der Waals surface area contributed by atoms with E-state index in [0.29, 0.717) is 21.6 Å². The van der Waals surface area contributed by atoms with Crippen LogP contribution in [-0.2, 0) is 11.3 Å². The van der Waals surface area contributed by atoms with Gasteiger partial charge in [0.25, 0.3) is 5.91 Å². The highest BCUT2D eigenvalue weighted by Crippen LogP contribution is 2.42. The molecule has 1 aliphatic rings. The minimum absolute atomic E-state index is 0.0123. The van der Waals surface area contributed by atoms with Gasteiger partial charge in [0.2, 0.25) is 5.78 Å². The van der Waals surface area contributed by atoms with E-state index < -0.39 is 23.5 Å². The third-order valence-corrected chi connectivity index (χ3v) is 6.84. The monoisotopic (exact) mass is 556 g/mol. The SMILES string of the molecule is O=C(C1=C(O)C(=O)N(Cc2ccncc2)C1c1ccc(Cl)c(Cl)c1)c1cc2cc(Br)ccc2o1. The lowest BCUT2D eigenvalue weighted by molar-refractivity contribution is -0.130. The maximum Gasteiger partial charge on any atom is 0.290 e. The maximum absolute atomic E-state index is 13.6. The summed E-state index contributed by atoms with van der Waals surface area (Å²) in [5.74, 6) is -1.88. The van der Waals surface area contributed by atoms with Gasteiger partial charge in [-0.2, -0.15) is 0 Å². The minimum Gasteiger partial charge on any atom is -0.503 e. The number of nitrogens with zero attached hydrogens (tertiary/aromatic N) is 2. The van der Waals surface area contributed by atoms with Crippen LogP contribution in [0.4, 0.5) is 0 Å². The highest BCUT2D eigenvalue weighted by Gasteiger charge is 2.44. The topological polar surface area (TPSA) is 83.6 Å². The quantitative estimate of drug-likeness (QED) is 0.277. The number of benzene rings is 2. The van der Waals surface area contributed by atoms with Crippen LogP contribution >= 0.6 is 39.1 Å². The molecule has 1 aliphatic heterocycles. The van der Waals surface area contributed by atoms with Crippen LogP contribution in [0.1, 0.15) is 27.7 Å². The summed E-state index contributed by atoms with van der Waals surface area (Å²) >= 11 is 15.8. The molecule has 1 N–H and O–H groups in total. The number of hydrogen-bond acceptors (Lipinski definition) is 5. The standard InChI is InChI=1S/C25H15BrCl2N2O4/c26-16-2-4-19-15(9-16)11-20(34-19)23(31)21-22(14-1-3-17(27)18(28)10-14)30(25(33)24(21)32)12-13-5-7-29-8-6-13/h1-11,22,32H,12H2. The van der Waals surface area contributed by atoms with Gasteiger partial charge in [0.15, 0.2) is 11.5 Å². The van der Waals surface area contributed by atoms with E-state index >= 15 is 0 Å². The van der Waals surface area contributed by atoms with Gasteiger partial charge in [-0.25, -0.2) is 0 Å². The highest BCUT2D eigenvalue weighted by atomic mass is 79.9. The molecule has 9 heteroatoms. The summed E-state index contributed by atoms with van der Waals surface area (Å²) in [6.45, 7) is 0.139. The number of ketones is 1. The number of hydrogen-bond donors (Lipinski definition) is 1. The Bertz CT molecular complexity index is 1480. The lowest BCUT2D eigenvalue weighted by Crippen LogP contribution is -2.30. The van der Waals surface area contributed by atoms with Crippen molar-refractivity contribution in [2.45, 2.75) is 12.6 Å². The number of rotatable bonds is 5. The molecule has 0 radical (unpaired) electrons. The van der Waals surface area contributed by atoms with Crippen LogP contribution in [-0.4, -0.2) is 26.7 Å². The predicted molar refractivity (Wildman–Crippen MR) is 132 cm³/mol. The molecule has 4 aromatic rings. The van der Waals surface area contributed by atoms with Gasteiger partial charge in [-0.1, -0.05) is 45.2 Å². The summed E-state index contributed by atoms with van der Waals surface area (Å²) in [6.07, 6.45) is 3.21. The molecular weight excluding hydrogens is 543 g/mol. The molecule has 1 amide bonds. The fraction of sp³-hybridized carbons (Fsp3) is 0.0800. The van der Waals surface area contributed by atoms with Crippen molar-refractivity contribution in [2.24, 2.45) is 0 Å². The first-order valence-corrected chi connectivity index (χ1v) is 11.7. The minimum atomic E-state index is -0.900. The Morgan fingerprint density at radius 2 is 1.82 bits per heavy atom. The number of aromatic nitrogens is 1. The van der Waals surface area contributed by atoms with Crippen molar-refractivity contribution in [3.8, 4) is 0 Å². The number of carbonyl (C=O) groups is 2. The summed E-state index contributed by atoms with van der Waals surface area (Å²) in [5.41, 5.74) is 1.73. The second-order valence-electron chi connectivity index (χ2n) is 7.75. The first-order valence-electron chi connectivity index (χ1n) is 10.1. The molecule has 0 fully saturated rings. The average molecular weight is 558 g/mol. The Hall–Kier alpha value is -3.13. The molecule has 2 aromatic carbocycles. The number of pyridine rings is 1. The van der Waals surface area contributed by atoms with Crippen LogP contribution in [0, 0.1) is 0 Å². The number of fused-ring (bicyclic) bond motifs is 1. The molecule has 6 nitrogen and oxygen atoms in total. The number of amides is 1. The Labute approximate surface area is 212 Å². The summed E-state index contributed by atoms with van der Waals surface area (Å²) in [6, 6.07) is 14.4. The lowest BCUT2D eigenvalue weighted by Gasteiger charge is -2.27. The van der Waals surface area contributed by atoms with Crippen molar-refractivity contribution in [1.82, 2.24) is 9.88 Å². The lowest BCUT2D eigenvalue weighted by atomic mass is 9.95. The van der Waals surface area contributed by atoms with Gasteiger partial charge in [0.05, 0.1) is 21.7 Å². The van der Waals surface area contributed by atoms with Crippen LogP contribution in [0.3, 0.4) is 0 Å². The van der Waals surface area contributed by atoms with Crippen molar-refractivity contribution in [2.75, 3.05) is 0 Å². The second kappa shape index (κ2) is 8.91. The van der Waals surface area contributed by atoms with Crippen molar-refractivity contribution in [3.63, 3.8) is 0 Å². The molecule has 0 saturated heterocycles. The molecule has 3 heterocycles. The Morgan fingerprint density at radius 3 is 2.56 bits per heavy atom. The van der Waals surface area contributed by atoms with E-state index in [1.54, 1.807) is 60.9 Å². The van der Waals surface area contributed by atoms with E-state index in [4.69, 9.17) is 27.6 Å². The molecule has 2 aromatic heterocycles. The van der Waals surface area contributed by atoms with Crippen molar-refractivity contribution in [1.29, 1.82) is 0 Å². The van der Waals surface area contributed by atoms with Crippen LogP contribution in [0.25, 0.3) is 11.0 Å². The number of halogens is 3. The Morgan fingerprint density at radius 1 is 1.06 bits per heavy atom. The fourth-order valence-electron chi connectivity index (χ4n) is 4.02. The normalized spacial score (nSPS) is 16.0. The van der Waals surface area contributed by atoms with Gasteiger partial charge >= 0.3 is 0 Å². The maximum atomic E-state index is 13.6. The van der Waals surface area contributed by atoms with Gasteiger partial charge in [-0.15, -0.1) is 0 Å². The zero-order valence-corrected chi connectivity index (χ0v) is 20.4. The Kier molecular flexibility index (Phi) is 5.93. The zero-order chi connectivity index (χ0) is 24.0. The van der Waals surface area contributed by atoms with Crippen molar-refractivity contribution < 1.29 is 19.1 Å². The smallest absolute Gasteiger partial charge is 0.290 e. The van der Waals surface area contributed by atoms with Crippen molar-refractivity contribution >= 4 is 61.8 Å². The van der Waals surface area contributed by atoms with Gasteiger partial charge in [-0.3, -0.25) is 14.6 Å². The molecule has 0 saturated carbocycles. The van der Waals surface area contributed by atoms with Crippen molar-refractivity contribution in [3.05, 3.63) is 110 Å².